The minimum atomic E-state index is -0.946. The van der Waals surface area contributed by atoms with Crippen molar-refractivity contribution in [1.82, 2.24) is 15.3 Å². The first-order chi connectivity index (χ1) is 17.3. The number of rotatable bonds is 12. The number of hydrogen-bond donors (Lipinski definition) is 3. The number of aromatic nitrogens is 2. The number of esters is 2. The van der Waals surface area contributed by atoms with Crippen LogP contribution in [0.3, 0.4) is 0 Å². The fourth-order valence-electron chi connectivity index (χ4n) is 3.77. The molecule has 3 aromatic rings. The molecule has 0 spiro atoms. The van der Waals surface area contributed by atoms with Crippen LogP contribution in [-0.2, 0) is 31.9 Å². The molecule has 1 amide bonds. The number of fused-ring (bicyclic) bond motifs is 1. The second kappa shape index (κ2) is 12.5. The van der Waals surface area contributed by atoms with Gasteiger partial charge in [-0.05, 0) is 57.2 Å². The van der Waals surface area contributed by atoms with Gasteiger partial charge in [0.25, 0.3) is 5.91 Å². The number of aryl methyl sites for hydroxylation is 2. The number of benzene rings is 1. The van der Waals surface area contributed by atoms with Crippen molar-refractivity contribution in [3.63, 3.8) is 0 Å². The summed E-state index contributed by atoms with van der Waals surface area (Å²) < 4.78 is 15.4. The SMILES string of the molecule is CCOC(=O)CC[C@H](NC(=O)c1ccc(CCCc2coc3nc(N)nc(N)c23)cc1)C(=O)OCC. The molecular weight excluding hydrogens is 466 g/mol. The minimum Gasteiger partial charge on any atom is -0.466 e. The van der Waals surface area contributed by atoms with Crippen molar-refractivity contribution in [3.05, 3.63) is 47.2 Å². The number of hydrogen-bond acceptors (Lipinski definition) is 10. The van der Waals surface area contributed by atoms with Crippen LogP contribution in [0.25, 0.3) is 11.1 Å². The fourth-order valence-corrected chi connectivity index (χ4v) is 3.77. The first-order valence-electron chi connectivity index (χ1n) is 11.8. The summed E-state index contributed by atoms with van der Waals surface area (Å²) in [5.74, 6) is -1.10. The fraction of sp³-hybridized carbons (Fsp3) is 0.400. The van der Waals surface area contributed by atoms with Crippen LogP contribution in [0.2, 0.25) is 0 Å². The zero-order valence-electron chi connectivity index (χ0n) is 20.4. The van der Waals surface area contributed by atoms with E-state index in [1.807, 2.05) is 12.1 Å². The summed E-state index contributed by atoms with van der Waals surface area (Å²) >= 11 is 0. The number of nitrogens with two attached hydrogens (primary N) is 2. The summed E-state index contributed by atoms with van der Waals surface area (Å²) in [6.07, 6.45) is 3.97. The molecule has 0 bridgehead atoms. The van der Waals surface area contributed by atoms with Crippen molar-refractivity contribution >= 4 is 40.7 Å². The van der Waals surface area contributed by atoms with Gasteiger partial charge >= 0.3 is 11.9 Å². The van der Waals surface area contributed by atoms with E-state index in [0.29, 0.717) is 28.9 Å². The van der Waals surface area contributed by atoms with Crippen LogP contribution in [-0.4, -0.2) is 47.1 Å². The Balaban J connectivity index is 1.56. The van der Waals surface area contributed by atoms with Crippen LogP contribution >= 0.6 is 0 Å². The summed E-state index contributed by atoms with van der Waals surface area (Å²) in [5.41, 5.74) is 14.3. The van der Waals surface area contributed by atoms with Crippen LogP contribution in [0, 0.1) is 0 Å². The topological polar surface area (TPSA) is 173 Å². The largest absolute Gasteiger partial charge is 0.466 e. The molecule has 0 aliphatic rings. The molecule has 2 aromatic heterocycles. The maximum atomic E-state index is 12.7. The van der Waals surface area contributed by atoms with Gasteiger partial charge in [0.15, 0.2) is 0 Å². The number of furan rings is 1. The van der Waals surface area contributed by atoms with E-state index in [1.165, 1.54) is 0 Å². The van der Waals surface area contributed by atoms with Gasteiger partial charge in [-0.3, -0.25) is 9.59 Å². The molecule has 2 heterocycles. The predicted octanol–water partition coefficient (Wildman–Crippen LogP) is 2.57. The lowest BCUT2D eigenvalue weighted by Crippen LogP contribution is -2.42. The number of anilines is 2. The van der Waals surface area contributed by atoms with Crippen molar-refractivity contribution in [2.24, 2.45) is 0 Å². The van der Waals surface area contributed by atoms with Crippen molar-refractivity contribution in [2.45, 2.75) is 52.0 Å². The Kier molecular flexibility index (Phi) is 9.20. The second-order valence-corrected chi connectivity index (χ2v) is 8.08. The van der Waals surface area contributed by atoms with E-state index in [9.17, 15) is 14.4 Å². The van der Waals surface area contributed by atoms with Gasteiger partial charge in [-0.2, -0.15) is 9.97 Å². The zero-order valence-corrected chi connectivity index (χ0v) is 20.4. The van der Waals surface area contributed by atoms with E-state index in [1.54, 1.807) is 32.2 Å². The molecule has 0 radical (unpaired) electrons. The molecule has 0 saturated heterocycles. The number of carbonyl (C=O) groups excluding carboxylic acids is 3. The van der Waals surface area contributed by atoms with Crippen LogP contribution in [0.15, 0.2) is 34.9 Å². The highest BCUT2D eigenvalue weighted by Crippen LogP contribution is 2.26. The van der Waals surface area contributed by atoms with E-state index < -0.39 is 23.9 Å². The summed E-state index contributed by atoms with van der Waals surface area (Å²) in [6, 6.07) is 6.16. The monoisotopic (exact) mass is 497 g/mol. The normalized spacial score (nSPS) is 11.7. The Morgan fingerprint density at radius 3 is 2.44 bits per heavy atom. The maximum Gasteiger partial charge on any atom is 0.328 e. The van der Waals surface area contributed by atoms with Gasteiger partial charge in [0.1, 0.15) is 11.9 Å². The predicted molar refractivity (Wildman–Crippen MR) is 133 cm³/mol. The quantitative estimate of drug-likeness (QED) is 0.316. The molecular formula is C25H31N5O6. The molecule has 0 aliphatic heterocycles. The van der Waals surface area contributed by atoms with Crippen LogP contribution in [0.5, 0.6) is 0 Å². The summed E-state index contributed by atoms with van der Waals surface area (Å²) in [4.78, 5) is 44.7. The van der Waals surface area contributed by atoms with E-state index in [2.05, 4.69) is 15.3 Å². The molecule has 192 valence electrons. The lowest BCUT2D eigenvalue weighted by Gasteiger charge is -2.17. The van der Waals surface area contributed by atoms with Gasteiger partial charge < -0.3 is 30.7 Å². The third-order valence-corrected chi connectivity index (χ3v) is 5.50. The van der Waals surface area contributed by atoms with Gasteiger partial charge in [-0.15, -0.1) is 0 Å². The maximum absolute atomic E-state index is 12.7. The van der Waals surface area contributed by atoms with Gasteiger partial charge in [0.05, 0.1) is 24.9 Å². The lowest BCUT2D eigenvalue weighted by atomic mass is 10.0. The standard InChI is InChI=1S/C25H31N5O6/c1-3-34-19(31)13-12-18(24(33)35-4-2)28-22(32)16-10-8-15(9-11-16)6-5-7-17-14-36-23-20(17)21(26)29-25(27)30-23/h8-11,14,18H,3-7,12-13H2,1-2H3,(H,28,32)(H4,26,27,29,30)/t18-/m0/s1. The summed E-state index contributed by atoms with van der Waals surface area (Å²) in [7, 11) is 0. The Morgan fingerprint density at radius 2 is 1.75 bits per heavy atom. The highest BCUT2D eigenvalue weighted by Gasteiger charge is 2.24. The Hall–Kier alpha value is -4.15. The van der Waals surface area contributed by atoms with Crippen molar-refractivity contribution in [1.29, 1.82) is 0 Å². The molecule has 0 saturated carbocycles. The summed E-state index contributed by atoms with van der Waals surface area (Å²) in [5, 5.41) is 3.33. The number of amides is 1. The van der Waals surface area contributed by atoms with Crippen LogP contribution < -0.4 is 16.8 Å². The molecule has 11 nitrogen and oxygen atoms in total. The Bertz CT molecular complexity index is 1210. The first-order valence-corrected chi connectivity index (χ1v) is 11.8. The molecule has 1 aromatic carbocycles. The van der Waals surface area contributed by atoms with Gasteiger partial charge in [0.2, 0.25) is 11.7 Å². The van der Waals surface area contributed by atoms with Crippen molar-refractivity contribution in [2.75, 3.05) is 24.7 Å². The highest BCUT2D eigenvalue weighted by molar-refractivity contribution is 5.97. The number of nitrogen functional groups attached to an aromatic ring is 2. The molecule has 1 atom stereocenters. The highest BCUT2D eigenvalue weighted by atomic mass is 16.5. The number of nitrogens with zero attached hydrogens (tertiary/aromatic N) is 2. The number of carbonyl (C=O) groups is 3. The van der Waals surface area contributed by atoms with E-state index >= 15 is 0 Å². The van der Waals surface area contributed by atoms with Crippen LogP contribution in [0.4, 0.5) is 11.8 Å². The second-order valence-electron chi connectivity index (χ2n) is 8.08. The summed E-state index contributed by atoms with van der Waals surface area (Å²) in [6.45, 7) is 3.79. The van der Waals surface area contributed by atoms with Gasteiger partial charge in [0, 0.05) is 17.5 Å². The molecule has 0 fully saturated rings. The van der Waals surface area contributed by atoms with E-state index in [-0.39, 0.29) is 32.0 Å². The third-order valence-electron chi connectivity index (χ3n) is 5.50. The van der Waals surface area contributed by atoms with Crippen LogP contribution in [0.1, 0.15) is 54.6 Å². The lowest BCUT2D eigenvalue weighted by molar-refractivity contribution is -0.146. The molecule has 36 heavy (non-hydrogen) atoms. The molecule has 0 unspecified atom stereocenters. The number of nitrogens with one attached hydrogen (secondary N) is 1. The third kappa shape index (κ3) is 6.94. The minimum absolute atomic E-state index is 0.00630. The number of ether oxygens (including phenoxy) is 2. The molecule has 0 aliphatic carbocycles. The molecule has 3 rings (SSSR count). The average Bonchev–Trinajstić information content (AvgIpc) is 3.25. The van der Waals surface area contributed by atoms with Gasteiger partial charge in [-0.25, -0.2) is 4.79 Å². The van der Waals surface area contributed by atoms with Gasteiger partial charge in [-0.1, -0.05) is 12.1 Å². The molecule has 5 N–H and O–H groups in total. The Morgan fingerprint density at radius 1 is 1.03 bits per heavy atom. The smallest absolute Gasteiger partial charge is 0.328 e. The average molecular weight is 498 g/mol. The van der Waals surface area contributed by atoms with Crippen molar-refractivity contribution < 1.29 is 28.3 Å². The Labute approximate surface area is 208 Å². The van der Waals surface area contributed by atoms with E-state index in [4.69, 9.17) is 25.4 Å². The van der Waals surface area contributed by atoms with E-state index in [0.717, 1.165) is 24.0 Å². The molecule has 11 heteroatoms. The van der Waals surface area contributed by atoms with Crippen molar-refractivity contribution in [3.8, 4) is 0 Å². The first kappa shape index (κ1) is 26.5. The zero-order chi connectivity index (χ0) is 26.1.